The molecular formula is C28H41N7O6. The van der Waals surface area contributed by atoms with Crippen LogP contribution in [0.3, 0.4) is 0 Å². The number of Topliss-reactive ketones (excluding diaryl/α,β-unsaturated/α-hetero) is 1. The van der Waals surface area contributed by atoms with Gasteiger partial charge >= 0.3 is 0 Å². The monoisotopic (exact) mass is 571 g/mol. The molecule has 3 aliphatic rings. The number of hydrogen-bond acceptors (Lipinski definition) is 7. The average molecular weight is 572 g/mol. The van der Waals surface area contributed by atoms with Gasteiger partial charge in [-0.25, -0.2) is 0 Å². The standard InChI is InChI=1S/C28H41N7O6/c1-16(2)31-27(40)23(36)20(13-18-10-11-29-24(18)37)32-26(39)21-9-6-12-35(21)28(41)22(17-7-4-5-8-17)33-25(38)19-14-30-34(3)15-19/h14-18,20-22H,4-13H2,1-3H3,(H,29,37)(H,31,40)(H,32,39)(H,33,38)/t18-,20-,21-,22-/m0/s1. The fourth-order valence-corrected chi connectivity index (χ4v) is 6.06. The van der Waals surface area contributed by atoms with Crippen LogP contribution in [0, 0.1) is 11.8 Å². The first-order valence-corrected chi connectivity index (χ1v) is 14.6. The third-order valence-electron chi connectivity index (χ3n) is 8.19. The number of aromatic nitrogens is 2. The number of ketones is 1. The van der Waals surface area contributed by atoms with Crippen molar-refractivity contribution < 1.29 is 28.8 Å². The molecule has 2 saturated heterocycles. The maximum atomic E-state index is 13.9. The van der Waals surface area contributed by atoms with Crippen LogP contribution in [0.15, 0.2) is 12.4 Å². The molecule has 0 radical (unpaired) electrons. The van der Waals surface area contributed by atoms with Crippen molar-refractivity contribution in [1.82, 2.24) is 35.9 Å². The molecule has 3 heterocycles. The molecule has 4 rings (SSSR count). The van der Waals surface area contributed by atoms with Crippen molar-refractivity contribution in [3.8, 4) is 0 Å². The van der Waals surface area contributed by atoms with Gasteiger partial charge in [0.05, 0.1) is 17.8 Å². The van der Waals surface area contributed by atoms with Crippen molar-refractivity contribution in [2.45, 2.75) is 89.4 Å². The Morgan fingerprint density at radius 3 is 2.37 bits per heavy atom. The maximum Gasteiger partial charge on any atom is 0.289 e. The summed E-state index contributed by atoms with van der Waals surface area (Å²) in [5.74, 6) is -3.72. The third-order valence-corrected chi connectivity index (χ3v) is 8.19. The van der Waals surface area contributed by atoms with Gasteiger partial charge in [-0.15, -0.1) is 0 Å². The van der Waals surface area contributed by atoms with Crippen LogP contribution in [0.1, 0.15) is 75.6 Å². The van der Waals surface area contributed by atoms with Crippen LogP contribution in [-0.4, -0.2) is 87.3 Å². The lowest BCUT2D eigenvalue weighted by atomic mass is 9.94. The van der Waals surface area contributed by atoms with Crippen LogP contribution in [0.25, 0.3) is 0 Å². The first-order valence-electron chi connectivity index (χ1n) is 14.6. The zero-order valence-electron chi connectivity index (χ0n) is 24.0. The second-order valence-corrected chi connectivity index (χ2v) is 11.7. The smallest absolute Gasteiger partial charge is 0.289 e. The maximum absolute atomic E-state index is 13.9. The molecule has 41 heavy (non-hydrogen) atoms. The minimum atomic E-state index is -1.21. The number of nitrogens with one attached hydrogen (secondary N) is 4. The van der Waals surface area contributed by atoms with Gasteiger partial charge in [-0.2, -0.15) is 5.10 Å². The quantitative estimate of drug-likeness (QED) is 0.267. The Kier molecular flexibility index (Phi) is 9.77. The lowest BCUT2D eigenvalue weighted by Crippen LogP contribution is -2.58. The largest absolute Gasteiger partial charge is 0.356 e. The molecular weight excluding hydrogens is 530 g/mol. The number of nitrogens with zero attached hydrogens (tertiary/aromatic N) is 3. The summed E-state index contributed by atoms with van der Waals surface area (Å²) in [6, 6.07) is -3.14. The summed E-state index contributed by atoms with van der Waals surface area (Å²) in [5.41, 5.74) is 0.344. The van der Waals surface area contributed by atoms with E-state index in [4.69, 9.17) is 0 Å². The van der Waals surface area contributed by atoms with Gasteiger partial charge in [0.15, 0.2) is 0 Å². The minimum absolute atomic E-state index is 0.00550. The van der Waals surface area contributed by atoms with Crippen molar-refractivity contribution in [2.75, 3.05) is 13.1 Å². The number of likely N-dealkylation sites (tertiary alicyclic amines) is 1. The highest BCUT2D eigenvalue weighted by Crippen LogP contribution is 2.30. The predicted molar refractivity (Wildman–Crippen MR) is 147 cm³/mol. The first kappa shape index (κ1) is 30.2. The van der Waals surface area contributed by atoms with Crippen LogP contribution in [0.4, 0.5) is 0 Å². The van der Waals surface area contributed by atoms with Gasteiger partial charge < -0.3 is 26.2 Å². The zero-order chi connectivity index (χ0) is 29.7. The van der Waals surface area contributed by atoms with Crippen molar-refractivity contribution in [1.29, 1.82) is 0 Å². The fraction of sp³-hybridized carbons (Fsp3) is 0.679. The predicted octanol–water partition coefficient (Wildman–Crippen LogP) is -0.196. The molecule has 0 bridgehead atoms. The van der Waals surface area contributed by atoms with E-state index in [1.165, 1.54) is 15.8 Å². The molecule has 224 valence electrons. The van der Waals surface area contributed by atoms with Gasteiger partial charge in [0.1, 0.15) is 12.1 Å². The number of amides is 5. The van der Waals surface area contributed by atoms with Crippen LogP contribution < -0.4 is 21.3 Å². The van der Waals surface area contributed by atoms with E-state index in [9.17, 15) is 28.8 Å². The van der Waals surface area contributed by atoms with E-state index in [-0.39, 0.29) is 30.2 Å². The summed E-state index contributed by atoms with van der Waals surface area (Å²) in [5, 5.41) is 14.9. The van der Waals surface area contributed by atoms with Gasteiger partial charge in [0.25, 0.3) is 11.8 Å². The van der Waals surface area contributed by atoms with Gasteiger partial charge in [-0.3, -0.25) is 33.4 Å². The van der Waals surface area contributed by atoms with Gasteiger partial charge in [0.2, 0.25) is 23.5 Å². The molecule has 4 N–H and O–H groups in total. The van der Waals surface area contributed by atoms with Gasteiger partial charge in [0, 0.05) is 38.3 Å². The second kappa shape index (κ2) is 13.3. The molecule has 13 heteroatoms. The molecule has 13 nitrogen and oxygen atoms in total. The lowest BCUT2D eigenvalue weighted by Gasteiger charge is -2.32. The lowest BCUT2D eigenvalue weighted by molar-refractivity contribution is -0.143. The molecule has 0 aromatic carbocycles. The van der Waals surface area contributed by atoms with Crippen LogP contribution in [-0.2, 0) is 31.0 Å². The van der Waals surface area contributed by atoms with E-state index < -0.39 is 47.5 Å². The number of rotatable bonds is 11. The normalized spacial score (nSPS) is 22.3. The highest BCUT2D eigenvalue weighted by atomic mass is 16.2. The SMILES string of the molecule is CC(C)NC(=O)C(=O)[C@H](C[C@@H]1CCNC1=O)NC(=O)[C@@H]1CCCN1C(=O)[C@@H](NC(=O)c1cnn(C)c1)C1CCCC1. The Labute approximate surface area is 239 Å². The summed E-state index contributed by atoms with van der Waals surface area (Å²) < 4.78 is 1.51. The van der Waals surface area contributed by atoms with E-state index in [0.717, 1.165) is 25.7 Å². The molecule has 0 unspecified atom stereocenters. The van der Waals surface area contributed by atoms with E-state index in [1.807, 2.05) is 0 Å². The molecule has 1 aromatic rings. The Hall–Kier alpha value is -3.77. The first-order chi connectivity index (χ1) is 19.5. The second-order valence-electron chi connectivity index (χ2n) is 11.7. The van der Waals surface area contributed by atoms with Crippen molar-refractivity contribution in [2.24, 2.45) is 18.9 Å². The number of carbonyl (C=O) groups is 6. The Balaban J connectivity index is 1.49. The van der Waals surface area contributed by atoms with E-state index in [2.05, 4.69) is 26.4 Å². The van der Waals surface area contributed by atoms with E-state index in [0.29, 0.717) is 37.9 Å². The summed E-state index contributed by atoms with van der Waals surface area (Å²) in [4.78, 5) is 79.8. The average Bonchev–Trinajstić information content (AvgIpc) is 3.74. The molecule has 2 aliphatic heterocycles. The molecule has 1 saturated carbocycles. The van der Waals surface area contributed by atoms with Crippen molar-refractivity contribution >= 4 is 35.3 Å². The Morgan fingerprint density at radius 2 is 1.76 bits per heavy atom. The molecule has 3 fully saturated rings. The van der Waals surface area contributed by atoms with Crippen molar-refractivity contribution in [3.63, 3.8) is 0 Å². The number of carbonyl (C=O) groups excluding carboxylic acids is 6. The van der Waals surface area contributed by atoms with Crippen LogP contribution in [0.5, 0.6) is 0 Å². The highest BCUT2D eigenvalue weighted by molar-refractivity contribution is 6.38. The van der Waals surface area contributed by atoms with Crippen LogP contribution in [0.2, 0.25) is 0 Å². The molecule has 1 aromatic heterocycles. The number of hydrogen-bond donors (Lipinski definition) is 4. The molecule has 5 amide bonds. The van der Waals surface area contributed by atoms with E-state index >= 15 is 0 Å². The summed E-state index contributed by atoms with van der Waals surface area (Å²) >= 11 is 0. The zero-order valence-corrected chi connectivity index (χ0v) is 24.0. The topological polar surface area (TPSA) is 172 Å². The fourth-order valence-electron chi connectivity index (χ4n) is 6.06. The Bertz CT molecular complexity index is 1170. The van der Waals surface area contributed by atoms with Gasteiger partial charge in [-0.05, 0) is 58.3 Å². The van der Waals surface area contributed by atoms with Crippen molar-refractivity contribution in [3.05, 3.63) is 18.0 Å². The number of aryl methyl sites for hydroxylation is 1. The summed E-state index contributed by atoms with van der Waals surface area (Å²) in [7, 11) is 1.70. The van der Waals surface area contributed by atoms with E-state index in [1.54, 1.807) is 27.1 Å². The van der Waals surface area contributed by atoms with Gasteiger partial charge in [-0.1, -0.05) is 12.8 Å². The Morgan fingerprint density at radius 1 is 1.02 bits per heavy atom. The summed E-state index contributed by atoms with van der Waals surface area (Å²) in [6.45, 7) is 4.24. The third kappa shape index (κ3) is 7.31. The summed E-state index contributed by atoms with van der Waals surface area (Å²) in [6.07, 6.45) is 7.97. The van der Waals surface area contributed by atoms with Crippen LogP contribution >= 0.6 is 0 Å². The highest BCUT2D eigenvalue weighted by Gasteiger charge is 2.43. The molecule has 1 aliphatic carbocycles. The molecule has 0 spiro atoms. The molecule has 4 atom stereocenters. The minimum Gasteiger partial charge on any atom is -0.356 e.